The fourth-order valence-corrected chi connectivity index (χ4v) is 3.74. The van der Waals surface area contributed by atoms with Gasteiger partial charge < -0.3 is 5.11 Å². The van der Waals surface area contributed by atoms with E-state index in [0.717, 1.165) is 25.8 Å². The monoisotopic (exact) mass is 343 g/mol. The zero-order chi connectivity index (χ0) is 18.0. The van der Waals surface area contributed by atoms with E-state index in [1.165, 1.54) is 10.1 Å². The molecule has 1 aliphatic carbocycles. The van der Waals surface area contributed by atoms with Crippen LogP contribution < -0.4 is 11.2 Å². The normalized spacial score (nSPS) is 23.8. The van der Waals surface area contributed by atoms with Crippen LogP contribution in [0.2, 0.25) is 0 Å². The first-order valence-corrected chi connectivity index (χ1v) is 8.71. The van der Waals surface area contributed by atoms with E-state index in [9.17, 15) is 14.7 Å². The largest absolute Gasteiger partial charge is 0.389 e. The first kappa shape index (κ1) is 17.6. The Morgan fingerprint density at radius 1 is 1.24 bits per heavy atom. The molecule has 1 aliphatic rings. The molecule has 3 atom stereocenters. The van der Waals surface area contributed by atoms with Gasteiger partial charge in [0, 0.05) is 24.3 Å². The number of aromatic nitrogens is 2. The minimum Gasteiger partial charge on any atom is -0.389 e. The second kappa shape index (κ2) is 7.37. The minimum atomic E-state index is -0.662. The zero-order valence-electron chi connectivity index (χ0n) is 14.7. The van der Waals surface area contributed by atoms with Gasteiger partial charge in [-0.3, -0.25) is 19.2 Å². The second-order valence-electron chi connectivity index (χ2n) is 6.94. The molecule has 0 saturated heterocycles. The van der Waals surface area contributed by atoms with Crippen LogP contribution in [-0.2, 0) is 6.54 Å². The highest BCUT2D eigenvalue weighted by atomic mass is 16.3. The van der Waals surface area contributed by atoms with Crippen molar-refractivity contribution in [1.29, 1.82) is 0 Å². The molecule has 2 N–H and O–H groups in total. The summed E-state index contributed by atoms with van der Waals surface area (Å²) in [6.45, 7) is 2.41. The molecule has 1 saturated carbocycles. The summed E-state index contributed by atoms with van der Waals surface area (Å²) < 4.78 is 1.49. The summed E-state index contributed by atoms with van der Waals surface area (Å²) in [6, 6.07) is 9.79. The Hall–Kier alpha value is -2.18. The summed E-state index contributed by atoms with van der Waals surface area (Å²) in [4.78, 5) is 28.3. The fourth-order valence-electron chi connectivity index (χ4n) is 3.74. The van der Waals surface area contributed by atoms with Gasteiger partial charge in [-0.2, -0.15) is 0 Å². The molecule has 0 radical (unpaired) electrons. The molecule has 0 spiro atoms. The zero-order valence-corrected chi connectivity index (χ0v) is 14.7. The van der Waals surface area contributed by atoms with Crippen LogP contribution in [0.25, 0.3) is 0 Å². The summed E-state index contributed by atoms with van der Waals surface area (Å²) in [6.07, 6.45) is 3.44. The molecule has 1 heterocycles. The first-order chi connectivity index (χ1) is 12.0. The Bertz CT molecular complexity index is 828. The van der Waals surface area contributed by atoms with Crippen LogP contribution in [0.3, 0.4) is 0 Å². The van der Waals surface area contributed by atoms with Crippen LogP contribution in [0.15, 0.2) is 46.1 Å². The summed E-state index contributed by atoms with van der Waals surface area (Å²) in [5, 5.41) is 10.9. The molecule has 1 aromatic heterocycles. The van der Waals surface area contributed by atoms with Gasteiger partial charge in [0.15, 0.2) is 0 Å². The topological polar surface area (TPSA) is 78.3 Å². The lowest BCUT2D eigenvalue weighted by molar-refractivity contribution is -0.00823. The molecule has 0 unspecified atom stereocenters. The van der Waals surface area contributed by atoms with E-state index in [-0.39, 0.29) is 17.6 Å². The number of nitrogens with one attached hydrogen (secondary N) is 1. The third-order valence-electron chi connectivity index (χ3n) is 5.13. The molecule has 0 bridgehead atoms. The molecule has 0 amide bonds. The molecular formula is C19H25N3O3. The number of hydrogen-bond donors (Lipinski definition) is 2. The second-order valence-corrected chi connectivity index (χ2v) is 6.94. The number of hydrogen-bond acceptors (Lipinski definition) is 4. The van der Waals surface area contributed by atoms with E-state index < -0.39 is 11.8 Å². The van der Waals surface area contributed by atoms with Crippen molar-refractivity contribution in [3.05, 3.63) is 68.5 Å². The van der Waals surface area contributed by atoms with Gasteiger partial charge in [-0.25, -0.2) is 4.79 Å². The first-order valence-electron chi connectivity index (χ1n) is 8.71. The SMILES string of the molecule is Cc1cn([C@@H]2CCC[C@@H](N(C)Cc3ccccc3)[C@H]2O)c(=O)[nH]c1=O. The number of benzene rings is 1. The Kier molecular flexibility index (Phi) is 5.20. The van der Waals surface area contributed by atoms with Crippen molar-refractivity contribution < 1.29 is 5.11 Å². The molecule has 2 aromatic rings. The van der Waals surface area contributed by atoms with E-state index in [4.69, 9.17) is 0 Å². The standard InChI is InChI=1S/C19H25N3O3/c1-13-11-22(19(25)20-18(13)24)16-10-6-9-15(17(16)23)21(2)12-14-7-4-3-5-8-14/h3-5,7-8,11,15-17,23H,6,9-10,12H2,1-2H3,(H,20,24,25)/t15-,16-,17-/m1/s1. The quantitative estimate of drug-likeness (QED) is 0.880. The van der Waals surface area contributed by atoms with Gasteiger partial charge in [0.05, 0.1) is 12.1 Å². The van der Waals surface area contributed by atoms with E-state index in [2.05, 4.69) is 22.0 Å². The van der Waals surface area contributed by atoms with Crippen molar-refractivity contribution >= 4 is 0 Å². The fraction of sp³-hybridized carbons (Fsp3) is 0.474. The highest BCUT2D eigenvalue weighted by Crippen LogP contribution is 2.31. The third-order valence-corrected chi connectivity index (χ3v) is 5.13. The van der Waals surface area contributed by atoms with Crippen LogP contribution in [0.4, 0.5) is 0 Å². The van der Waals surface area contributed by atoms with Crippen molar-refractivity contribution in [2.24, 2.45) is 0 Å². The predicted molar refractivity (Wildman–Crippen MR) is 96.7 cm³/mol. The Balaban J connectivity index is 1.81. The smallest absolute Gasteiger partial charge is 0.328 e. The van der Waals surface area contributed by atoms with Gasteiger partial charge in [0.25, 0.3) is 5.56 Å². The lowest BCUT2D eigenvalue weighted by Crippen LogP contribution is -2.50. The van der Waals surface area contributed by atoms with Gasteiger partial charge >= 0.3 is 5.69 Å². The lowest BCUT2D eigenvalue weighted by Gasteiger charge is -2.40. The van der Waals surface area contributed by atoms with Crippen molar-refractivity contribution in [3.63, 3.8) is 0 Å². The van der Waals surface area contributed by atoms with Crippen LogP contribution in [0.5, 0.6) is 0 Å². The summed E-state index contributed by atoms with van der Waals surface area (Å²) in [5.74, 6) is 0. The van der Waals surface area contributed by atoms with E-state index in [1.807, 2.05) is 25.2 Å². The number of aliphatic hydroxyl groups excluding tert-OH is 1. The van der Waals surface area contributed by atoms with Gasteiger partial charge in [0.2, 0.25) is 0 Å². The molecule has 134 valence electrons. The molecule has 1 aromatic carbocycles. The van der Waals surface area contributed by atoms with Crippen molar-refractivity contribution in [2.45, 2.75) is 50.9 Å². The van der Waals surface area contributed by atoms with Gasteiger partial charge in [-0.1, -0.05) is 30.3 Å². The number of rotatable bonds is 4. The Morgan fingerprint density at radius 3 is 2.68 bits per heavy atom. The molecular weight excluding hydrogens is 318 g/mol. The highest BCUT2D eigenvalue weighted by molar-refractivity contribution is 5.14. The van der Waals surface area contributed by atoms with Crippen molar-refractivity contribution in [2.75, 3.05) is 7.05 Å². The van der Waals surface area contributed by atoms with Crippen LogP contribution in [0, 0.1) is 6.92 Å². The molecule has 25 heavy (non-hydrogen) atoms. The number of likely N-dealkylation sites (N-methyl/N-ethyl adjacent to an activating group) is 1. The minimum absolute atomic E-state index is 0.0295. The van der Waals surface area contributed by atoms with E-state index in [1.54, 1.807) is 13.1 Å². The van der Waals surface area contributed by atoms with Crippen LogP contribution in [0.1, 0.15) is 36.4 Å². The summed E-state index contributed by atoms with van der Waals surface area (Å²) >= 11 is 0. The molecule has 6 heteroatoms. The molecule has 0 aliphatic heterocycles. The van der Waals surface area contributed by atoms with E-state index >= 15 is 0 Å². The van der Waals surface area contributed by atoms with Gasteiger partial charge in [0.1, 0.15) is 0 Å². The Morgan fingerprint density at radius 2 is 1.96 bits per heavy atom. The number of aryl methyl sites for hydroxylation is 1. The molecule has 1 fully saturated rings. The van der Waals surface area contributed by atoms with Crippen molar-refractivity contribution in [1.82, 2.24) is 14.5 Å². The predicted octanol–water partition coefficient (Wildman–Crippen LogP) is 1.43. The average Bonchev–Trinajstić information content (AvgIpc) is 2.59. The number of H-pyrrole nitrogens is 1. The molecule has 3 rings (SSSR count). The van der Waals surface area contributed by atoms with Crippen LogP contribution >= 0.6 is 0 Å². The van der Waals surface area contributed by atoms with Crippen LogP contribution in [-0.4, -0.2) is 38.8 Å². The van der Waals surface area contributed by atoms with Crippen molar-refractivity contribution in [3.8, 4) is 0 Å². The summed E-state index contributed by atoms with van der Waals surface area (Å²) in [7, 11) is 2.00. The average molecular weight is 343 g/mol. The highest BCUT2D eigenvalue weighted by Gasteiger charge is 2.35. The summed E-state index contributed by atoms with van der Waals surface area (Å²) in [5.41, 5.74) is 0.846. The van der Waals surface area contributed by atoms with Gasteiger partial charge in [-0.05, 0) is 38.8 Å². The number of nitrogens with zero attached hydrogens (tertiary/aromatic N) is 2. The third kappa shape index (κ3) is 3.75. The maximum atomic E-state index is 12.2. The Labute approximate surface area is 146 Å². The lowest BCUT2D eigenvalue weighted by atomic mass is 9.86. The maximum absolute atomic E-state index is 12.2. The number of aromatic amines is 1. The van der Waals surface area contributed by atoms with E-state index in [0.29, 0.717) is 5.56 Å². The maximum Gasteiger partial charge on any atom is 0.328 e. The molecule has 6 nitrogen and oxygen atoms in total. The van der Waals surface area contributed by atoms with Gasteiger partial charge in [-0.15, -0.1) is 0 Å². The number of aliphatic hydroxyl groups is 1.